The SMILES string of the molecule is O=C(N1CCCC(c2ccnc(Nc3ccccc3)n2)C1)C1(c2ccccc2)CC1. The number of piperidine rings is 1. The molecular weight excluding hydrogens is 372 g/mol. The van der Waals surface area contributed by atoms with Crippen molar-refractivity contribution in [3.8, 4) is 0 Å². The number of anilines is 2. The monoisotopic (exact) mass is 398 g/mol. The fourth-order valence-electron chi connectivity index (χ4n) is 4.52. The fraction of sp³-hybridized carbons (Fsp3) is 0.320. The van der Waals surface area contributed by atoms with Gasteiger partial charge in [-0.2, -0.15) is 0 Å². The van der Waals surface area contributed by atoms with Crippen molar-refractivity contribution in [3.05, 3.63) is 84.2 Å². The maximum atomic E-state index is 13.4. The number of rotatable bonds is 5. The molecule has 2 aromatic carbocycles. The van der Waals surface area contributed by atoms with E-state index in [0.717, 1.165) is 55.7 Å². The lowest BCUT2D eigenvalue weighted by Gasteiger charge is -2.35. The molecule has 5 heteroatoms. The number of aromatic nitrogens is 2. The van der Waals surface area contributed by atoms with E-state index >= 15 is 0 Å². The molecule has 1 saturated carbocycles. The maximum absolute atomic E-state index is 13.4. The van der Waals surface area contributed by atoms with Crippen LogP contribution in [-0.2, 0) is 10.2 Å². The number of para-hydroxylation sites is 1. The lowest BCUT2D eigenvalue weighted by molar-refractivity contribution is -0.135. The van der Waals surface area contributed by atoms with Crippen LogP contribution in [0.3, 0.4) is 0 Å². The molecule has 2 aliphatic rings. The molecular formula is C25H26N4O. The summed E-state index contributed by atoms with van der Waals surface area (Å²) in [6, 6.07) is 22.2. The van der Waals surface area contributed by atoms with Crippen LogP contribution in [0, 0.1) is 0 Å². The second-order valence-corrected chi connectivity index (χ2v) is 8.33. The Morgan fingerprint density at radius 1 is 1.00 bits per heavy atom. The summed E-state index contributed by atoms with van der Waals surface area (Å²) in [6.07, 6.45) is 5.77. The summed E-state index contributed by atoms with van der Waals surface area (Å²) >= 11 is 0. The Morgan fingerprint density at radius 2 is 1.73 bits per heavy atom. The summed E-state index contributed by atoms with van der Waals surface area (Å²) in [5.41, 5.74) is 2.84. The van der Waals surface area contributed by atoms with Crippen LogP contribution >= 0.6 is 0 Å². The molecule has 152 valence electrons. The van der Waals surface area contributed by atoms with Gasteiger partial charge < -0.3 is 10.2 Å². The molecule has 1 N–H and O–H groups in total. The standard InChI is InChI=1S/C25H26N4O/c30-23(25(14-15-25)20-9-3-1-4-10-20)29-17-7-8-19(18-29)22-13-16-26-24(28-22)27-21-11-5-2-6-12-21/h1-6,9-13,16,19H,7-8,14-15,17-18H2,(H,26,27,28). The second-order valence-electron chi connectivity index (χ2n) is 8.33. The number of nitrogens with zero attached hydrogens (tertiary/aromatic N) is 3. The van der Waals surface area contributed by atoms with E-state index < -0.39 is 0 Å². The van der Waals surface area contributed by atoms with Gasteiger partial charge in [0.05, 0.1) is 11.1 Å². The summed E-state index contributed by atoms with van der Waals surface area (Å²) in [7, 11) is 0. The van der Waals surface area contributed by atoms with Crippen LogP contribution in [0.2, 0.25) is 0 Å². The zero-order chi connectivity index (χ0) is 20.4. The first-order chi connectivity index (χ1) is 14.7. The number of benzene rings is 2. The summed E-state index contributed by atoms with van der Waals surface area (Å²) in [6.45, 7) is 1.57. The molecule has 1 aliphatic carbocycles. The highest BCUT2D eigenvalue weighted by molar-refractivity contribution is 5.91. The van der Waals surface area contributed by atoms with Gasteiger partial charge in [-0.25, -0.2) is 9.97 Å². The molecule has 0 radical (unpaired) electrons. The highest BCUT2D eigenvalue weighted by Gasteiger charge is 2.53. The molecule has 0 bridgehead atoms. The first-order valence-electron chi connectivity index (χ1n) is 10.7. The van der Waals surface area contributed by atoms with Crippen molar-refractivity contribution in [2.75, 3.05) is 18.4 Å². The van der Waals surface area contributed by atoms with Gasteiger partial charge in [0.25, 0.3) is 0 Å². The van der Waals surface area contributed by atoms with E-state index in [1.54, 1.807) is 6.20 Å². The van der Waals surface area contributed by atoms with Crippen molar-refractivity contribution in [3.63, 3.8) is 0 Å². The van der Waals surface area contributed by atoms with Crippen LogP contribution in [-0.4, -0.2) is 33.9 Å². The Morgan fingerprint density at radius 3 is 2.47 bits per heavy atom. The zero-order valence-corrected chi connectivity index (χ0v) is 17.0. The van der Waals surface area contributed by atoms with Crippen LogP contribution in [0.5, 0.6) is 0 Å². The number of nitrogens with one attached hydrogen (secondary N) is 1. The number of amides is 1. The fourth-order valence-corrected chi connectivity index (χ4v) is 4.52. The molecule has 1 saturated heterocycles. The smallest absolute Gasteiger partial charge is 0.233 e. The topological polar surface area (TPSA) is 58.1 Å². The van der Waals surface area contributed by atoms with Crippen LogP contribution in [0.15, 0.2) is 72.9 Å². The van der Waals surface area contributed by atoms with Crippen LogP contribution in [0.25, 0.3) is 0 Å². The minimum atomic E-state index is -0.297. The van der Waals surface area contributed by atoms with Crippen molar-refractivity contribution < 1.29 is 4.79 Å². The van der Waals surface area contributed by atoms with E-state index in [9.17, 15) is 4.79 Å². The molecule has 30 heavy (non-hydrogen) atoms. The Balaban J connectivity index is 1.31. The third kappa shape index (κ3) is 3.67. The number of carbonyl (C=O) groups excluding carboxylic acids is 1. The first kappa shape index (κ1) is 18.8. The van der Waals surface area contributed by atoms with Crippen molar-refractivity contribution in [1.29, 1.82) is 0 Å². The lowest BCUT2D eigenvalue weighted by atomic mass is 9.90. The highest BCUT2D eigenvalue weighted by Crippen LogP contribution is 2.50. The summed E-state index contributed by atoms with van der Waals surface area (Å²) in [5, 5.41) is 3.27. The Labute approximate surface area is 177 Å². The van der Waals surface area contributed by atoms with Crippen molar-refractivity contribution >= 4 is 17.5 Å². The van der Waals surface area contributed by atoms with Gasteiger partial charge in [-0.3, -0.25) is 4.79 Å². The van der Waals surface area contributed by atoms with Gasteiger partial charge in [0.1, 0.15) is 0 Å². The molecule has 1 aromatic heterocycles. The number of hydrogen-bond acceptors (Lipinski definition) is 4. The minimum absolute atomic E-state index is 0.244. The maximum Gasteiger partial charge on any atom is 0.233 e. The molecule has 1 amide bonds. The van der Waals surface area contributed by atoms with E-state index in [0.29, 0.717) is 5.95 Å². The zero-order valence-electron chi connectivity index (χ0n) is 17.0. The minimum Gasteiger partial charge on any atom is -0.341 e. The van der Waals surface area contributed by atoms with Crippen molar-refractivity contribution in [2.24, 2.45) is 0 Å². The molecule has 2 fully saturated rings. The number of carbonyl (C=O) groups is 1. The first-order valence-corrected chi connectivity index (χ1v) is 10.7. The van der Waals surface area contributed by atoms with Gasteiger partial charge in [0.2, 0.25) is 11.9 Å². The van der Waals surface area contributed by atoms with Gasteiger partial charge in [-0.05, 0) is 49.4 Å². The molecule has 5 rings (SSSR count). The largest absolute Gasteiger partial charge is 0.341 e. The van der Waals surface area contributed by atoms with Crippen molar-refractivity contribution in [2.45, 2.75) is 37.0 Å². The van der Waals surface area contributed by atoms with Gasteiger partial charge in [-0.15, -0.1) is 0 Å². The van der Waals surface area contributed by atoms with Crippen LogP contribution < -0.4 is 5.32 Å². The van der Waals surface area contributed by atoms with Gasteiger partial charge in [0, 0.05) is 30.9 Å². The molecule has 5 nitrogen and oxygen atoms in total. The van der Waals surface area contributed by atoms with E-state index in [-0.39, 0.29) is 17.2 Å². The molecule has 0 spiro atoms. The second kappa shape index (κ2) is 7.90. The van der Waals surface area contributed by atoms with Crippen molar-refractivity contribution in [1.82, 2.24) is 14.9 Å². The van der Waals surface area contributed by atoms with Gasteiger partial charge in [0.15, 0.2) is 0 Å². The predicted octanol–water partition coefficient (Wildman–Crippen LogP) is 4.66. The predicted molar refractivity (Wildman–Crippen MR) is 118 cm³/mol. The van der Waals surface area contributed by atoms with Gasteiger partial charge in [-0.1, -0.05) is 48.5 Å². The van der Waals surface area contributed by atoms with E-state index in [2.05, 4.69) is 27.3 Å². The van der Waals surface area contributed by atoms with Crippen LogP contribution in [0.1, 0.15) is 42.9 Å². The Kier molecular flexibility index (Phi) is 4.95. The molecule has 1 unspecified atom stereocenters. The number of likely N-dealkylation sites (tertiary alicyclic amines) is 1. The molecule has 2 heterocycles. The van der Waals surface area contributed by atoms with E-state index in [4.69, 9.17) is 4.98 Å². The molecule has 1 atom stereocenters. The van der Waals surface area contributed by atoms with E-state index in [1.165, 1.54) is 0 Å². The summed E-state index contributed by atoms with van der Waals surface area (Å²) in [4.78, 5) is 24.6. The summed E-state index contributed by atoms with van der Waals surface area (Å²) < 4.78 is 0. The molecule has 1 aliphatic heterocycles. The summed E-state index contributed by atoms with van der Waals surface area (Å²) in [5.74, 6) is 1.13. The third-order valence-corrected chi connectivity index (χ3v) is 6.32. The Hall–Kier alpha value is -3.21. The highest BCUT2D eigenvalue weighted by atomic mass is 16.2. The van der Waals surface area contributed by atoms with E-state index in [1.807, 2.05) is 54.6 Å². The average molecular weight is 399 g/mol. The molecule has 3 aromatic rings. The quantitative estimate of drug-likeness (QED) is 0.679. The lowest BCUT2D eigenvalue weighted by Crippen LogP contribution is -2.44. The van der Waals surface area contributed by atoms with Gasteiger partial charge >= 0.3 is 0 Å². The average Bonchev–Trinajstić information content (AvgIpc) is 3.62. The third-order valence-electron chi connectivity index (χ3n) is 6.32. The number of hydrogen-bond donors (Lipinski definition) is 1. The Bertz CT molecular complexity index is 1020. The van der Waals surface area contributed by atoms with Crippen LogP contribution in [0.4, 0.5) is 11.6 Å². The normalized spacial score (nSPS) is 19.9.